The van der Waals surface area contributed by atoms with Gasteiger partial charge in [-0.1, -0.05) is 31.0 Å². The Morgan fingerprint density at radius 1 is 1.41 bits per heavy atom. The van der Waals surface area contributed by atoms with Gasteiger partial charge in [-0.25, -0.2) is 4.79 Å². The average molecular weight is 323 g/mol. The molecule has 1 aromatic rings. The van der Waals surface area contributed by atoms with E-state index in [4.69, 9.17) is 11.6 Å². The van der Waals surface area contributed by atoms with Crippen molar-refractivity contribution in [3.05, 3.63) is 33.8 Å². The summed E-state index contributed by atoms with van der Waals surface area (Å²) in [5.74, 6) is -0.111. The number of carbonyl (C=O) groups is 2. The third kappa shape index (κ3) is 2.24. The highest BCUT2D eigenvalue weighted by atomic mass is 35.5. The zero-order valence-corrected chi connectivity index (χ0v) is 13.4. The van der Waals surface area contributed by atoms with Crippen molar-refractivity contribution in [1.29, 1.82) is 0 Å². The molecule has 2 unspecified atom stereocenters. The molecule has 118 valence electrons. The standard InChI is InChI=1S/C16H19ClN2O3/c1-3-4-9-5-10-11-7-19(16(21)22)8-13(11)18(2)15(20)14(10)12(17)6-9/h5-6,11,13H,3-4,7-8H2,1-2H3,(H,21,22). The number of likely N-dealkylation sites (N-methyl/N-ethyl adjacent to an activating group) is 1. The molecule has 22 heavy (non-hydrogen) atoms. The van der Waals surface area contributed by atoms with Gasteiger partial charge in [0.1, 0.15) is 0 Å². The normalized spacial score (nSPS) is 23.5. The number of carbonyl (C=O) groups excluding carboxylic acids is 1. The topological polar surface area (TPSA) is 60.9 Å². The second-order valence-electron chi connectivity index (χ2n) is 6.07. The minimum absolute atomic E-state index is 0.00288. The zero-order valence-electron chi connectivity index (χ0n) is 12.7. The zero-order chi connectivity index (χ0) is 16.0. The van der Waals surface area contributed by atoms with Crippen molar-refractivity contribution < 1.29 is 14.7 Å². The number of nitrogens with zero attached hydrogens (tertiary/aromatic N) is 2. The number of aryl methyl sites for hydroxylation is 1. The molecule has 5 nitrogen and oxygen atoms in total. The fourth-order valence-electron chi connectivity index (χ4n) is 3.61. The van der Waals surface area contributed by atoms with E-state index >= 15 is 0 Å². The molecule has 1 N–H and O–H groups in total. The molecule has 0 saturated carbocycles. The van der Waals surface area contributed by atoms with Crippen molar-refractivity contribution in [3.63, 3.8) is 0 Å². The van der Waals surface area contributed by atoms with Crippen LogP contribution in [-0.2, 0) is 6.42 Å². The Hall–Kier alpha value is -1.75. The number of likely N-dealkylation sites (tertiary alicyclic amines) is 1. The summed E-state index contributed by atoms with van der Waals surface area (Å²) in [7, 11) is 1.73. The van der Waals surface area contributed by atoms with Gasteiger partial charge in [-0.2, -0.15) is 0 Å². The van der Waals surface area contributed by atoms with E-state index in [1.54, 1.807) is 11.9 Å². The van der Waals surface area contributed by atoms with E-state index in [0.717, 1.165) is 24.0 Å². The number of carboxylic acid groups (broad SMARTS) is 1. The van der Waals surface area contributed by atoms with Crippen molar-refractivity contribution >= 4 is 23.6 Å². The number of hydrogen-bond acceptors (Lipinski definition) is 2. The van der Waals surface area contributed by atoms with Crippen LogP contribution in [0.4, 0.5) is 4.79 Å². The van der Waals surface area contributed by atoms with E-state index in [-0.39, 0.29) is 17.9 Å². The van der Waals surface area contributed by atoms with Gasteiger partial charge in [0.15, 0.2) is 0 Å². The largest absolute Gasteiger partial charge is 0.465 e. The SMILES string of the molecule is CCCc1cc(Cl)c2c(c1)C1CN(C(=O)O)CC1N(C)C2=O. The first-order valence-electron chi connectivity index (χ1n) is 7.51. The number of rotatable bonds is 2. The molecular formula is C16H19ClN2O3. The van der Waals surface area contributed by atoms with Crippen LogP contribution >= 0.6 is 11.6 Å². The third-order valence-corrected chi connectivity index (χ3v) is 5.01. The fraction of sp³-hybridized carbons (Fsp3) is 0.500. The number of hydrogen-bond donors (Lipinski definition) is 1. The summed E-state index contributed by atoms with van der Waals surface area (Å²) in [6, 6.07) is 3.79. The highest BCUT2D eigenvalue weighted by Gasteiger charge is 2.45. The lowest BCUT2D eigenvalue weighted by Crippen LogP contribution is -2.46. The molecule has 2 aliphatic heterocycles. The summed E-state index contributed by atoms with van der Waals surface area (Å²) < 4.78 is 0. The first-order chi connectivity index (χ1) is 10.4. The van der Waals surface area contributed by atoms with E-state index in [1.165, 1.54) is 4.90 Å². The van der Waals surface area contributed by atoms with E-state index < -0.39 is 6.09 Å². The van der Waals surface area contributed by atoms with Crippen LogP contribution in [0.15, 0.2) is 12.1 Å². The van der Waals surface area contributed by atoms with Gasteiger partial charge >= 0.3 is 6.09 Å². The second kappa shape index (κ2) is 5.47. The van der Waals surface area contributed by atoms with Crippen LogP contribution in [0.5, 0.6) is 0 Å². The molecule has 1 aromatic carbocycles. The second-order valence-corrected chi connectivity index (χ2v) is 6.48. The van der Waals surface area contributed by atoms with Crippen molar-refractivity contribution in [2.75, 3.05) is 20.1 Å². The molecule has 2 atom stereocenters. The minimum Gasteiger partial charge on any atom is -0.465 e. The number of amides is 2. The summed E-state index contributed by atoms with van der Waals surface area (Å²) >= 11 is 6.36. The lowest BCUT2D eigenvalue weighted by Gasteiger charge is -2.36. The molecule has 6 heteroatoms. The molecule has 1 fully saturated rings. The van der Waals surface area contributed by atoms with E-state index in [2.05, 4.69) is 6.92 Å². The van der Waals surface area contributed by atoms with Crippen molar-refractivity contribution in [2.24, 2.45) is 0 Å². The summed E-state index contributed by atoms with van der Waals surface area (Å²) in [4.78, 5) is 26.9. The Balaban J connectivity index is 2.09. The van der Waals surface area contributed by atoms with Crippen LogP contribution < -0.4 is 0 Å². The summed E-state index contributed by atoms with van der Waals surface area (Å²) in [6.07, 6.45) is 0.961. The minimum atomic E-state index is -0.937. The monoisotopic (exact) mass is 322 g/mol. The summed E-state index contributed by atoms with van der Waals surface area (Å²) in [5, 5.41) is 9.73. The van der Waals surface area contributed by atoms with Gasteiger partial charge in [-0.15, -0.1) is 0 Å². The predicted octanol–water partition coefficient (Wildman–Crippen LogP) is 2.82. The Kier molecular flexibility index (Phi) is 3.77. The number of halogens is 1. The lowest BCUT2D eigenvalue weighted by molar-refractivity contribution is 0.0698. The van der Waals surface area contributed by atoms with Gasteiger partial charge in [-0.3, -0.25) is 4.79 Å². The molecule has 0 radical (unpaired) electrons. The molecular weight excluding hydrogens is 304 g/mol. The third-order valence-electron chi connectivity index (χ3n) is 4.71. The fourth-order valence-corrected chi connectivity index (χ4v) is 3.94. The van der Waals surface area contributed by atoms with Crippen LogP contribution in [0.25, 0.3) is 0 Å². The average Bonchev–Trinajstić information content (AvgIpc) is 2.90. The first-order valence-corrected chi connectivity index (χ1v) is 7.89. The predicted molar refractivity (Wildman–Crippen MR) is 83.7 cm³/mol. The van der Waals surface area contributed by atoms with Crippen molar-refractivity contribution in [3.8, 4) is 0 Å². The highest BCUT2D eigenvalue weighted by Crippen LogP contribution is 2.41. The van der Waals surface area contributed by atoms with Gasteiger partial charge in [0.25, 0.3) is 5.91 Å². The van der Waals surface area contributed by atoms with Gasteiger partial charge in [0.2, 0.25) is 0 Å². The van der Waals surface area contributed by atoms with Gasteiger partial charge < -0.3 is 14.9 Å². The molecule has 3 rings (SSSR count). The molecule has 0 spiro atoms. The van der Waals surface area contributed by atoms with Crippen molar-refractivity contribution in [2.45, 2.75) is 31.7 Å². The Morgan fingerprint density at radius 2 is 2.14 bits per heavy atom. The molecule has 0 aromatic heterocycles. The van der Waals surface area contributed by atoms with Crippen molar-refractivity contribution in [1.82, 2.24) is 9.80 Å². The Morgan fingerprint density at radius 3 is 2.77 bits per heavy atom. The van der Waals surface area contributed by atoms with Gasteiger partial charge in [0.05, 0.1) is 16.6 Å². The maximum atomic E-state index is 12.6. The van der Waals surface area contributed by atoms with E-state index in [0.29, 0.717) is 23.7 Å². The quantitative estimate of drug-likeness (QED) is 0.910. The molecule has 2 amide bonds. The number of fused-ring (bicyclic) bond motifs is 3. The van der Waals surface area contributed by atoms with Gasteiger partial charge in [-0.05, 0) is 23.6 Å². The van der Waals surface area contributed by atoms with Gasteiger partial charge in [0, 0.05) is 26.1 Å². The maximum Gasteiger partial charge on any atom is 0.407 e. The van der Waals surface area contributed by atoms with Crippen LogP contribution in [0.1, 0.15) is 40.7 Å². The smallest absolute Gasteiger partial charge is 0.407 e. The van der Waals surface area contributed by atoms with Crippen LogP contribution in [-0.4, -0.2) is 53.1 Å². The van der Waals surface area contributed by atoms with E-state index in [9.17, 15) is 14.7 Å². The van der Waals surface area contributed by atoms with Crippen LogP contribution in [0, 0.1) is 0 Å². The maximum absolute atomic E-state index is 12.6. The van der Waals surface area contributed by atoms with Crippen LogP contribution in [0.2, 0.25) is 5.02 Å². The molecule has 2 aliphatic rings. The first kappa shape index (κ1) is 15.2. The lowest BCUT2D eigenvalue weighted by atomic mass is 9.84. The highest BCUT2D eigenvalue weighted by molar-refractivity contribution is 6.34. The van der Waals surface area contributed by atoms with Crippen LogP contribution in [0.3, 0.4) is 0 Å². The summed E-state index contributed by atoms with van der Waals surface area (Å²) in [5.41, 5.74) is 2.56. The molecule has 0 aliphatic carbocycles. The molecule has 0 bridgehead atoms. The number of benzene rings is 1. The Labute approximate surface area is 134 Å². The summed E-state index contributed by atoms with van der Waals surface area (Å²) in [6.45, 7) is 2.87. The Bertz CT molecular complexity index is 647. The van der Waals surface area contributed by atoms with E-state index in [1.807, 2.05) is 12.1 Å². The molecule has 1 saturated heterocycles. The molecule has 2 heterocycles.